The lowest BCUT2D eigenvalue weighted by molar-refractivity contribution is 0.0979. The van der Waals surface area contributed by atoms with Crippen LogP contribution in [-0.4, -0.2) is 11.9 Å². The predicted octanol–water partition coefficient (Wildman–Crippen LogP) is 4.67. The van der Waals surface area contributed by atoms with Gasteiger partial charge in [0.05, 0.1) is 5.69 Å². The number of halogens is 3. The average Bonchev–Trinajstić information content (AvgIpc) is 2.42. The number of rotatable bonds is 3. The van der Waals surface area contributed by atoms with E-state index in [2.05, 4.69) is 0 Å². The van der Waals surface area contributed by atoms with Crippen molar-refractivity contribution in [2.45, 2.75) is 19.9 Å². The summed E-state index contributed by atoms with van der Waals surface area (Å²) < 4.78 is 27.0. The number of carbonyl (C=O) groups is 1. The third kappa shape index (κ3) is 3.39. The van der Waals surface area contributed by atoms with Crippen molar-refractivity contribution in [2.75, 3.05) is 4.90 Å². The summed E-state index contributed by atoms with van der Waals surface area (Å²) >= 11 is 5.79. The van der Waals surface area contributed by atoms with Crippen LogP contribution in [0.3, 0.4) is 0 Å². The second-order valence-electron chi connectivity index (χ2n) is 4.87. The molecule has 0 saturated carbocycles. The molecule has 0 spiro atoms. The lowest BCUT2D eigenvalue weighted by Gasteiger charge is -2.27. The van der Waals surface area contributed by atoms with Gasteiger partial charge < -0.3 is 4.90 Å². The molecule has 0 aliphatic carbocycles. The zero-order valence-corrected chi connectivity index (χ0v) is 12.4. The summed E-state index contributed by atoms with van der Waals surface area (Å²) in [6, 6.07) is 9.19. The molecule has 2 aromatic rings. The minimum absolute atomic E-state index is 0.0475. The minimum atomic E-state index is -0.772. The van der Waals surface area contributed by atoms with E-state index in [1.165, 1.54) is 11.0 Å². The molecule has 0 aliphatic heterocycles. The monoisotopic (exact) mass is 309 g/mol. The molecule has 2 nitrogen and oxygen atoms in total. The van der Waals surface area contributed by atoms with Gasteiger partial charge in [0.2, 0.25) is 0 Å². The standard InChI is InChI=1S/C16H14ClF2NO/c1-10(2)20(15-8-7-13(18)9-14(15)19)16(21)11-3-5-12(17)6-4-11/h3-10H,1-2H3. The van der Waals surface area contributed by atoms with Crippen molar-refractivity contribution in [2.24, 2.45) is 0 Å². The molecule has 21 heavy (non-hydrogen) atoms. The van der Waals surface area contributed by atoms with Gasteiger partial charge in [-0.15, -0.1) is 0 Å². The van der Waals surface area contributed by atoms with Crippen LogP contribution >= 0.6 is 11.6 Å². The fraction of sp³-hybridized carbons (Fsp3) is 0.188. The van der Waals surface area contributed by atoms with Crippen LogP contribution < -0.4 is 4.90 Å². The highest BCUT2D eigenvalue weighted by Gasteiger charge is 2.23. The van der Waals surface area contributed by atoms with Crippen LogP contribution in [0.4, 0.5) is 14.5 Å². The summed E-state index contributed by atoms with van der Waals surface area (Å²) in [6.45, 7) is 3.52. The number of benzene rings is 2. The smallest absolute Gasteiger partial charge is 0.258 e. The third-order valence-electron chi connectivity index (χ3n) is 3.00. The van der Waals surface area contributed by atoms with Crippen LogP contribution in [-0.2, 0) is 0 Å². The Balaban J connectivity index is 2.43. The highest BCUT2D eigenvalue weighted by atomic mass is 35.5. The maximum absolute atomic E-state index is 13.9. The molecule has 0 unspecified atom stereocenters. The largest absolute Gasteiger partial charge is 0.303 e. The van der Waals surface area contributed by atoms with Gasteiger partial charge in [-0.3, -0.25) is 4.79 Å². The molecule has 2 aromatic carbocycles. The van der Waals surface area contributed by atoms with Gasteiger partial charge in [-0.05, 0) is 50.2 Å². The van der Waals surface area contributed by atoms with Gasteiger partial charge in [0.25, 0.3) is 5.91 Å². The predicted molar refractivity (Wildman–Crippen MR) is 79.8 cm³/mol. The number of amides is 1. The Bertz CT molecular complexity index is 656. The number of anilines is 1. The van der Waals surface area contributed by atoms with Crippen LogP contribution in [0.2, 0.25) is 5.02 Å². The number of nitrogens with zero attached hydrogens (tertiary/aromatic N) is 1. The Morgan fingerprint density at radius 1 is 1.10 bits per heavy atom. The molecule has 0 bridgehead atoms. The van der Waals surface area contributed by atoms with Crippen LogP contribution in [0.5, 0.6) is 0 Å². The molecule has 110 valence electrons. The molecule has 2 rings (SSSR count). The molecular weight excluding hydrogens is 296 g/mol. The van der Waals surface area contributed by atoms with Crippen molar-refractivity contribution in [1.29, 1.82) is 0 Å². The van der Waals surface area contributed by atoms with Gasteiger partial charge in [-0.1, -0.05) is 11.6 Å². The fourth-order valence-electron chi connectivity index (χ4n) is 2.03. The highest BCUT2D eigenvalue weighted by Crippen LogP contribution is 2.24. The van der Waals surface area contributed by atoms with Crippen molar-refractivity contribution in [3.8, 4) is 0 Å². The fourth-order valence-corrected chi connectivity index (χ4v) is 2.16. The summed E-state index contributed by atoms with van der Waals surface area (Å²) in [4.78, 5) is 13.8. The molecular formula is C16H14ClF2NO. The van der Waals surface area contributed by atoms with E-state index in [1.807, 2.05) is 0 Å². The molecule has 0 atom stereocenters. The van der Waals surface area contributed by atoms with Crippen LogP contribution in [0, 0.1) is 11.6 Å². The lowest BCUT2D eigenvalue weighted by Crippen LogP contribution is -2.37. The van der Waals surface area contributed by atoms with Crippen molar-refractivity contribution in [3.05, 3.63) is 64.7 Å². The van der Waals surface area contributed by atoms with Gasteiger partial charge in [0.1, 0.15) is 11.6 Å². The van der Waals surface area contributed by atoms with E-state index in [0.717, 1.165) is 12.1 Å². The summed E-state index contributed by atoms with van der Waals surface area (Å²) in [6.07, 6.45) is 0. The van der Waals surface area contributed by atoms with Crippen molar-refractivity contribution < 1.29 is 13.6 Å². The Morgan fingerprint density at radius 2 is 1.71 bits per heavy atom. The Morgan fingerprint density at radius 3 is 2.24 bits per heavy atom. The molecule has 0 aromatic heterocycles. The lowest BCUT2D eigenvalue weighted by atomic mass is 10.1. The normalized spacial score (nSPS) is 10.8. The summed E-state index contributed by atoms with van der Waals surface area (Å²) in [7, 11) is 0. The van der Waals surface area contributed by atoms with Crippen LogP contribution in [0.1, 0.15) is 24.2 Å². The number of hydrogen-bond acceptors (Lipinski definition) is 1. The Hall–Kier alpha value is -1.94. The van der Waals surface area contributed by atoms with Gasteiger partial charge in [-0.25, -0.2) is 8.78 Å². The van der Waals surface area contributed by atoms with Crippen molar-refractivity contribution >= 4 is 23.2 Å². The number of hydrogen-bond donors (Lipinski definition) is 0. The maximum Gasteiger partial charge on any atom is 0.258 e. The molecule has 5 heteroatoms. The molecule has 0 fully saturated rings. The summed E-state index contributed by atoms with van der Waals surface area (Å²) in [5.74, 6) is -1.82. The van der Waals surface area contributed by atoms with Crippen LogP contribution in [0.25, 0.3) is 0 Å². The first-order valence-corrected chi connectivity index (χ1v) is 6.82. The molecule has 0 radical (unpaired) electrons. The Labute approximate surface area is 127 Å². The van der Waals surface area contributed by atoms with E-state index in [0.29, 0.717) is 10.6 Å². The molecule has 0 saturated heterocycles. The van der Waals surface area contributed by atoms with Gasteiger partial charge in [0.15, 0.2) is 0 Å². The zero-order valence-electron chi connectivity index (χ0n) is 11.6. The first kappa shape index (κ1) is 15.4. The average molecular weight is 310 g/mol. The quantitative estimate of drug-likeness (QED) is 0.806. The van der Waals surface area contributed by atoms with Crippen LogP contribution in [0.15, 0.2) is 42.5 Å². The second kappa shape index (κ2) is 6.22. The summed E-state index contributed by atoms with van der Waals surface area (Å²) in [5.41, 5.74) is 0.433. The van der Waals surface area contributed by atoms with Gasteiger partial charge in [-0.2, -0.15) is 0 Å². The van der Waals surface area contributed by atoms with E-state index in [4.69, 9.17) is 11.6 Å². The molecule has 1 amide bonds. The third-order valence-corrected chi connectivity index (χ3v) is 3.25. The Kier molecular flexibility index (Phi) is 4.58. The van der Waals surface area contributed by atoms with E-state index >= 15 is 0 Å². The highest BCUT2D eigenvalue weighted by molar-refractivity contribution is 6.30. The van der Waals surface area contributed by atoms with Crippen molar-refractivity contribution in [3.63, 3.8) is 0 Å². The van der Waals surface area contributed by atoms with Crippen molar-refractivity contribution in [1.82, 2.24) is 0 Å². The van der Waals surface area contributed by atoms with E-state index in [9.17, 15) is 13.6 Å². The first-order chi connectivity index (χ1) is 9.90. The molecule has 0 aliphatic rings. The molecule has 0 N–H and O–H groups in total. The minimum Gasteiger partial charge on any atom is -0.303 e. The first-order valence-electron chi connectivity index (χ1n) is 6.44. The van der Waals surface area contributed by atoms with E-state index < -0.39 is 11.6 Å². The van der Waals surface area contributed by atoms with E-state index in [-0.39, 0.29) is 17.6 Å². The topological polar surface area (TPSA) is 20.3 Å². The maximum atomic E-state index is 13.9. The number of carbonyl (C=O) groups excluding carboxylic acids is 1. The SMILES string of the molecule is CC(C)N(C(=O)c1ccc(Cl)cc1)c1ccc(F)cc1F. The van der Waals surface area contributed by atoms with Gasteiger partial charge in [0, 0.05) is 22.7 Å². The zero-order chi connectivity index (χ0) is 15.6. The molecule has 0 heterocycles. The second-order valence-corrected chi connectivity index (χ2v) is 5.31. The van der Waals surface area contributed by atoms with Gasteiger partial charge >= 0.3 is 0 Å². The van der Waals surface area contributed by atoms with E-state index in [1.54, 1.807) is 38.1 Å². The summed E-state index contributed by atoms with van der Waals surface area (Å²) in [5, 5.41) is 0.510.